The van der Waals surface area contributed by atoms with E-state index in [2.05, 4.69) is 8.71 Å². The molecule has 8 heteroatoms. The smallest absolute Gasteiger partial charge is 0.318 e. The van der Waals surface area contributed by atoms with E-state index in [4.69, 9.17) is 4.89 Å². The second-order valence-corrected chi connectivity index (χ2v) is 2.41. The van der Waals surface area contributed by atoms with E-state index in [0.717, 1.165) is 0 Å². The summed E-state index contributed by atoms with van der Waals surface area (Å²) in [5.41, 5.74) is 0. The second-order valence-electron chi connectivity index (χ2n) is 0.881. The summed E-state index contributed by atoms with van der Waals surface area (Å²) in [6.45, 7) is -0.701. The topological polar surface area (TPSA) is 89.9 Å². The van der Waals surface area contributed by atoms with E-state index in [0.29, 0.717) is 0 Å². The normalized spacial score (nSPS) is 14.0. The van der Waals surface area contributed by atoms with Gasteiger partial charge in [-0.15, -0.1) is 0 Å². The van der Waals surface area contributed by atoms with Gasteiger partial charge in [-0.1, -0.05) is 0 Å². The van der Waals surface area contributed by atoms with E-state index in [1.807, 2.05) is 0 Å². The van der Waals surface area contributed by atoms with Gasteiger partial charge in [-0.3, -0.25) is 9.09 Å². The van der Waals surface area contributed by atoms with Crippen molar-refractivity contribution in [3.8, 4) is 0 Å². The molecule has 0 radical (unpaired) electrons. The molecule has 0 heterocycles. The molecule has 0 fully saturated rings. The first-order valence-corrected chi connectivity index (χ1v) is 4.12. The maximum atomic E-state index is 9.67. The van der Waals surface area contributed by atoms with Crippen molar-refractivity contribution in [1.29, 1.82) is 0 Å². The molecule has 1 atom stereocenters. The molecule has 1 N–H and O–H groups in total. The summed E-state index contributed by atoms with van der Waals surface area (Å²) in [5, 5.41) is 0. The molecule has 0 aromatic rings. The zero-order valence-electron chi connectivity index (χ0n) is 4.14. The van der Waals surface area contributed by atoms with E-state index in [-0.39, 0.29) is 0 Å². The molecule has 0 saturated carbocycles. The van der Waals surface area contributed by atoms with Gasteiger partial charge in [0.2, 0.25) is 0 Å². The van der Waals surface area contributed by atoms with Crippen molar-refractivity contribution < 1.29 is 26.6 Å². The Balaban J connectivity index is 3.21. The second kappa shape index (κ2) is 4.89. The molecule has 56 valence electrons. The Morgan fingerprint density at radius 3 is 2.44 bits per heavy atom. The monoisotopic (exact) mass is 176 g/mol. The van der Waals surface area contributed by atoms with Crippen LogP contribution in [0.4, 0.5) is 0 Å². The van der Waals surface area contributed by atoms with Crippen molar-refractivity contribution in [3.63, 3.8) is 0 Å². The van der Waals surface area contributed by atoms with Crippen LogP contribution in [-0.4, -0.2) is 20.1 Å². The lowest BCUT2D eigenvalue weighted by Crippen LogP contribution is -1.91. The quantitative estimate of drug-likeness (QED) is 0.320. The van der Waals surface area contributed by atoms with Crippen LogP contribution >= 0.6 is 8.25 Å². The van der Waals surface area contributed by atoms with Crippen molar-refractivity contribution in [2.24, 2.45) is 0 Å². The maximum Gasteiger partial charge on any atom is 0.318 e. The summed E-state index contributed by atoms with van der Waals surface area (Å²) in [7, 11) is -6.06. The van der Waals surface area contributed by atoms with Crippen molar-refractivity contribution in [2.45, 2.75) is 0 Å². The minimum Gasteiger partial charge on any atom is -0.326 e. The molecule has 0 aliphatic rings. The number of hydrogen-bond donors (Lipinski definition) is 2. The average Bonchev–Trinajstić information content (AvgIpc) is 1.63. The van der Waals surface area contributed by atoms with E-state index >= 15 is 0 Å². The van der Waals surface area contributed by atoms with Crippen molar-refractivity contribution in [1.82, 2.24) is 0 Å². The maximum absolute atomic E-state index is 9.67. The van der Waals surface area contributed by atoms with Crippen LogP contribution in [0.25, 0.3) is 0 Å². The largest absolute Gasteiger partial charge is 0.326 e. The van der Waals surface area contributed by atoms with E-state index in [1.165, 1.54) is 0 Å². The fourth-order valence-electron chi connectivity index (χ4n) is 0.120. The van der Waals surface area contributed by atoms with Gasteiger partial charge in [0.1, 0.15) is 0 Å². The lowest BCUT2D eigenvalue weighted by Gasteiger charge is -1.92. The zero-order valence-corrected chi connectivity index (χ0v) is 6.04. The van der Waals surface area contributed by atoms with Crippen molar-refractivity contribution in [3.05, 3.63) is 0 Å². The fraction of sp³-hybridized carbons (Fsp3) is 1.00. The Labute approximate surface area is 53.5 Å². The van der Waals surface area contributed by atoms with Gasteiger partial charge < -0.3 is 4.89 Å². The number of thiol groups is 1. The summed E-state index contributed by atoms with van der Waals surface area (Å²) in [6.07, 6.45) is 0. The third-order valence-electron chi connectivity index (χ3n) is 0.341. The van der Waals surface area contributed by atoms with Crippen LogP contribution in [0, 0.1) is 0 Å². The number of rotatable bonds is 4. The van der Waals surface area contributed by atoms with Crippen molar-refractivity contribution >= 4 is 19.2 Å². The molecule has 0 spiro atoms. The van der Waals surface area contributed by atoms with Gasteiger partial charge in [-0.25, -0.2) is 12.6 Å². The summed E-state index contributed by atoms with van der Waals surface area (Å²) < 4.78 is 36.4. The molecular formula is CH5O6PS. The van der Waals surface area contributed by atoms with Gasteiger partial charge in [-0.2, -0.15) is 0 Å². The highest BCUT2D eigenvalue weighted by Gasteiger charge is 1.90. The summed E-state index contributed by atoms with van der Waals surface area (Å²) >= 11 is 0. The Morgan fingerprint density at radius 2 is 2.11 bits per heavy atom. The molecule has 6 nitrogen and oxygen atoms in total. The summed E-state index contributed by atoms with van der Waals surface area (Å²) in [4.78, 5) is 7.91. The lowest BCUT2D eigenvalue weighted by molar-refractivity contribution is 0.126. The molecule has 0 aromatic carbocycles. The Hall–Kier alpha value is 0.0600. The highest BCUT2D eigenvalue weighted by atomic mass is 32.2. The zero-order chi connectivity index (χ0) is 7.28. The molecule has 0 aromatic heterocycles. The van der Waals surface area contributed by atoms with Gasteiger partial charge in [-0.05, 0) is 0 Å². The SMILES string of the molecule is O=[PH](O)OCO[SH](=O)=O. The highest BCUT2D eigenvalue weighted by Crippen LogP contribution is 2.12. The first-order valence-electron chi connectivity index (χ1n) is 1.76. The fourth-order valence-corrected chi connectivity index (χ4v) is 0.517. The van der Waals surface area contributed by atoms with Crippen LogP contribution in [0.5, 0.6) is 0 Å². The minimum absolute atomic E-state index is 0.701. The Kier molecular flexibility index (Phi) is 4.93. The first kappa shape index (κ1) is 9.06. The Morgan fingerprint density at radius 1 is 1.56 bits per heavy atom. The average molecular weight is 176 g/mol. The predicted octanol–water partition coefficient (Wildman–Crippen LogP) is -1.11. The molecule has 0 amide bonds. The van der Waals surface area contributed by atoms with Crippen LogP contribution < -0.4 is 0 Å². The standard InChI is InChI=1S/CH5O6PS/c2-8(3)6-1-7-9(4)5/h8-9H,1H2,(H,2,3). The molecule has 0 rings (SSSR count). The van der Waals surface area contributed by atoms with Gasteiger partial charge in [0.05, 0.1) is 0 Å². The number of hydrogen-bond acceptors (Lipinski definition) is 5. The Bertz CT molecular complexity index is 152. The van der Waals surface area contributed by atoms with Gasteiger partial charge in [0.25, 0.3) is 11.0 Å². The third-order valence-corrected chi connectivity index (χ3v) is 1.02. The van der Waals surface area contributed by atoms with Crippen LogP contribution in [0.15, 0.2) is 0 Å². The van der Waals surface area contributed by atoms with Gasteiger partial charge in [0.15, 0.2) is 6.79 Å². The van der Waals surface area contributed by atoms with Gasteiger partial charge in [0, 0.05) is 0 Å². The molecule has 1 unspecified atom stereocenters. The minimum atomic E-state index is -3.07. The highest BCUT2D eigenvalue weighted by molar-refractivity contribution is 7.67. The van der Waals surface area contributed by atoms with E-state index in [9.17, 15) is 13.0 Å². The molecular weight excluding hydrogens is 171 g/mol. The van der Waals surface area contributed by atoms with E-state index < -0.39 is 26.0 Å². The predicted molar refractivity (Wildman–Crippen MR) is 28.6 cm³/mol. The molecule has 0 bridgehead atoms. The molecule has 9 heavy (non-hydrogen) atoms. The first-order chi connectivity index (χ1) is 4.13. The van der Waals surface area contributed by atoms with Crippen molar-refractivity contribution in [2.75, 3.05) is 6.79 Å². The van der Waals surface area contributed by atoms with Crippen LogP contribution in [0.3, 0.4) is 0 Å². The third kappa shape index (κ3) is 8.06. The summed E-state index contributed by atoms with van der Waals surface area (Å²) in [5.74, 6) is 0. The van der Waals surface area contributed by atoms with Crippen LogP contribution in [-0.2, 0) is 24.3 Å². The molecule has 0 aliphatic heterocycles. The lowest BCUT2D eigenvalue weighted by atomic mass is 11.6. The molecule has 0 saturated heterocycles. The molecule has 0 aliphatic carbocycles. The van der Waals surface area contributed by atoms with Gasteiger partial charge >= 0.3 is 8.25 Å². The van der Waals surface area contributed by atoms with Crippen LogP contribution in [0.2, 0.25) is 0 Å². The van der Waals surface area contributed by atoms with Crippen LogP contribution in [0.1, 0.15) is 0 Å². The summed E-state index contributed by atoms with van der Waals surface area (Å²) in [6, 6.07) is 0. The van der Waals surface area contributed by atoms with E-state index in [1.54, 1.807) is 0 Å².